The van der Waals surface area contributed by atoms with E-state index in [2.05, 4.69) is 50.7 Å². The molecule has 3 rings (SSSR count). The zero-order chi connectivity index (χ0) is 13.1. The van der Waals surface area contributed by atoms with E-state index in [1.165, 1.54) is 16.8 Å². The molecule has 4 nitrogen and oxygen atoms in total. The molecule has 1 aliphatic heterocycles. The number of fused-ring (bicyclic) bond motifs is 1. The third-order valence-electron chi connectivity index (χ3n) is 3.69. The van der Waals surface area contributed by atoms with Crippen LogP contribution in [0.2, 0.25) is 0 Å². The molecular weight excluding hydrogens is 236 g/mol. The summed E-state index contributed by atoms with van der Waals surface area (Å²) < 4.78 is 0. The number of aromatic nitrogens is 2. The normalized spacial score (nSPS) is 15.4. The van der Waals surface area contributed by atoms with Gasteiger partial charge in [-0.25, -0.2) is 0 Å². The Kier molecular flexibility index (Phi) is 3.62. The van der Waals surface area contributed by atoms with Crippen LogP contribution in [0.4, 0.5) is 0 Å². The number of rotatable bonds is 4. The van der Waals surface area contributed by atoms with E-state index in [1.54, 1.807) is 0 Å². The number of aromatic amines is 1. The largest absolute Gasteiger partial charge is 0.314 e. The lowest BCUT2D eigenvalue weighted by Crippen LogP contribution is -2.30. The second-order valence-corrected chi connectivity index (χ2v) is 5.10. The lowest BCUT2D eigenvalue weighted by Gasteiger charge is -2.27. The van der Waals surface area contributed by atoms with Crippen LogP contribution in [-0.2, 0) is 26.1 Å². The van der Waals surface area contributed by atoms with Gasteiger partial charge in [-0.15, -0.1) is 0 Å². The fourth-order valence-corrected chi connectivity index (χ4v) is 2.70. The molecule has 0 bridgehead atoms. The molecule has 4 heteroatoms. The van der Waals surface area contributed by atoms with E-state index < -0.39 is 0 Å². The summed E-state index contributed by atoms with van der Waals surface area (Å²) in [6, 6.07) is 10.7. The van der Waals surface area contributed by atoms with Crippen molar-refractivity contribution in [3.8, 4) is 0 Å². The van der Waals surface area contributed by atoms with Crippen LogP contribution in [0, 0.1) is 0 Å². The van der Waals surface area contributed by atoms with Crippen LogP contribution in [0.5, 0.6) is 0 Å². The molecule has 2 heterocycles. The van der Waals surface area contributed by atoms with Gasteiger partial charge in [-0.05, 0) is 12.6 Å². The molecule has 0 atom stereocenters. The number of benzene rings is 1. The Morgan fingerprint density at radius 2 is 2.16 bits per heavy atom. The van der Waals surface area contributed by atoms with Gasteiger partial charge in [0.05, 0.1) is 5.69 Å². The number of hydrogen-bond acceptors (Lipinski definition) is 3. The SMILES string of the molecule is CNCc1n[nH]c2c1CN(Cc1ccccc1)CC2. The molecule has 0 spiro atoms. The number of hydrogen-bond donors (Lipinski definition) is 2. The Morgan fingerprint density at radius 3 is 2.95 bits per heavy atom. The Labute approximate surface area is 113 Å². The van der Waals surface area contributed by atoms with E-state index in [-0.39, 0.29) is 0 Å². The highest BCUT2D eigenvalue weighted by Gasteiger charge is 2.21. The van der Waals surface area contributed by atoms with Crippen LogP contribution in [-0.4, -0.2) is 28.7 Å². The maximum atomic E-state index is 4.41. The van der Waals surface area contributed by atoms with Crippen molar-refractivity contribution in [2.75, 3.05) is 13.6 Å². The zero-order valence-corrected chi connectivity index (χ0v) is 11.3. The van der Waals surface area contributed by atoms with E-state index in [9.17, 15) is 0 Å². The molecule has 0 saturated heterocycles. The zero-order valence-electron chi connectivity index (χ0n) is 11.3. The maximum Gasteiger partial charge on any atom is 0.0807 e. The summed E-state index contributed by atoms with van der Waals surface area (Å²) in [5.74, 6) is 0. The van der Waals surface area contributed by atoms with Gasteiger partial charge in [0.2, 0.25) is 0 Å². The van der Waals surface area contributed by atoms with Crippen LogP contribution >= 0.6 is 0 Å². The Bertz CT molecular complexity index is 532. The lowest BCUT2D eigenvalue weighted by atomic mass is 10.0. The van der Waals surface area contributed by atoms with Gasteiger partial charge in [0.1, 0.15) is 0 Å². The molecule has 19 heavy (non-hydrogen) atoms. The summed E-state index contributed by atoms with van der Waals surface area (Å²) in [7, 11) is 1.96. The average molecular weight is 256 g/mol. The smallest absolute Gasteiger partial charge is 0.0807 e. The van der Waals surface area contributed by atoms with Gasteiger partial charge in [0, 0.05) is 43.9 Å². The van der Waals surface area contributed by atoms with Gasteiger partial charge >= 0.3 is 0 Å². The molecule has 1 aromatic heterocycles. The Morgan fingerprint density at radius 1 is 1.32 bits per heavy atom. The van der Waals surface area contributed by atoms with Crippen molar-refractivity contribution in [3.05, 3.63) is 52.8 Å². The molecule has 1 aliphatic rings. The number of nitrogens with zero attached hydrogens (tertiary/aromatic N) is 2. The molecule has 1 aromatic carbocycles. The predicted octanol–water partition coefficient (Wildman–Crippen LogP) is 1.69. The van der Waals surface area contributed by atoms with Crippen LogP contribution in [0.15, 0.2) is 30.3 Å². The van der Waals surface area contributed by atoms with Gasteiger partial charge in [-0.3, -0.25) is 10.00 Å². The topological polar surface area (TPSA) is 44.0 Å². The minimum Gasteiger partial charge on any atom is -0.314 e. The molecule has 100 valence electrons. The third kappa shape index (κ3) is 2.69. The quantitative estimate of drug-likeness (QED) is 0.875. The fourth-order valence-electron chi connectivity index (χ4n) is 2.70. The van der Waals surface area contributed by atoms with Gasteiger partial charge in [-0.2, -0.15) is 5.10 Å². The third-order valence-corrected chi connectivity index (χ3v) is 3.69. The van der Waals surface area contributed by atoms with Crippen LogP contribution in [0.25, 0.3) is 0 Å². The van der Waals surface area contributed by atoms with Crippen LogP contribution in [0.1, 0.15) is 22.5 Å². The first-order valence-electron chi connectivity index (χ1n) is 6.82. The first-order chi connectivity index (χ1) is 9.36. The molecule has 0 aliphatic carbocycles. The van der Waals surface area contributed by atoms with E-state index in [0.717, 1.165) is 38.3 Å². The van der Waals surface area contributed by atoms with E-state index >= 15 is 0 Å². The molecular formula is C15H20N4. The Balaban J connectivity index is 1.72. The highest BCUT2D eigenvalue weighted by atomic mass is 15.2. The van der Waals surface area contributed by atoms with Gasteiger partial charge in [-0.1, -0.05) is 30.3 Å². The lowest BCUT2D eigenvalue weighted by molar-refractivity contribution is 0.244. The molecule has 2 N–H and O–H groups in total. The standard InChI is InChI=1S/C15H20N4/c1-16-9-15-13-11-19(8-7-14(13)17-18-15)10-12-5-3-2-4-6-12/h2-6,16H,7-11H2,1H3,(H,17,18). The monoisotopic (exact) mass is 256 g/mol. The highest BCUT2D eigenvalue weighted by molar-refractivity contribution is 5.28. The highest BCUT2D eigenvalue weighted by Crippen LogP contribution is 2.21. The predicted molar refractivity (Wildman–Crippen MR) is 75.6 cm³/mol. The summed E-state index contributed by atoms with van der Waals surface area (Å²) in [6.45, 7) is 3.95. The molecule has 0 radical (unpaired) electrons. The van der Waals surface area contributed by atoms with Crippen LogP contribution in [0.3, 0.4) is 0 Å². The molecule has 0 fully saturated rings. The first-order valence-corrected chi connectivity index (χ1v) is 6.82. The van der Waals surface area contributed by atoms with Crippen molar-refractivity contribution in [3.63, 3.8) is 0 Å². The van der Waals surface area contributed by atoms with Crippen molar-refractivity contribution in [1.82, 2.24) is 20.4 Å². The van der Waals surface area contributed by atoms with Crippen LogP contribution < -0.4 is 5.32 Å². The molecule has 0 saturated carbocycles. The number of nitrogens with one attached hydrogen (secondary N) is 2. The van der Waals surface area contributed by atoms with E-state index in [1.807, 2.05) is 7.05 Å². The van der Waals surface area contributed by atoms with Crippen molar-refractivity contribution in [1.29, 1.82) is 0 Å². The van der Waals surface area contributed by atoms with E-state index in [4.69, 9.17) is 0 Å². The van der Waals surface area contributed by atoms with E-state index in [0.29, 0.717) is 0 Å². The number of H-pyrrole nitrogens is 1. The van der Waals surface area contributed by atoms with Crippen molar-refractivity contribution >= 4 is 0 Å². The molecule has 0 amide bonds. The second-order valence-electron chi connectivity index (χ2n) is 5.10. The van der Waals surface area contributed by atoms with Gasteiger partial charge < -0.3 is 5.32 Å². The average Bonchev–Trinajstić information content (AvgIpc) is 2.83. The minimum absolute atomic E-state index is 0.838. The molecule has 0 unspecified atom stereocenters. The minimum atomic E-state index is 0.838. The summed E-state index contributed by atoms with van der Waals surface area (Å²) in [5.41, 5.74) is 5.24. The summed E-state index contributed by atoms with van der Waals surface area (Å²) in [5, 5.41) is 10.8. The summed E-state index contributed by atoms with van der Waals surface area (Å²) in [4.78, 5) is 2.49. The molecule has 2 aromatic rings. The van der Waals surface area contributed by atoms with Crippen molar-refractivity contribution in [2.24, 2.45) is 0 Å². The van der Waals surface area contributed by atoms with Gasteiger partial charge in [0.15, 0.2) is 0 Å². The Hall–Kier alpha value is -1.65. The first kappa shape index (κ1) is 12.4. The fraction of sp³-hybridized carbons (Fsp3) is 0.400. The van der Waals surface area contributed by atoms with Gasteiger partial charge in [0.25, 0.3) is 0 Å². The maximum absolute atomic E-state index is 4.41. The summed E-state index contributed by atoms with van der Waals surface area (Å²) in [6.07, 6.45) is 1.07. The van der Waals surface area contributed by atoms with Crippen molar-refractivity contribution in [2.45, 2.75) is 26.1 Å². The second kappa shape index (κ2) is 5.55. The summed E-state index contributed by atoms with van der Waals surface area (Å²) >= 11 is 0. The van der Waals surface area contributed by atoms with Crippen molar-refractivity contribution < 1.29 is 0 Å².